The van der Waals surface area contributed by atoms with Crippen molar-refractivity contribution in [2.45, 2.75) is 31.6 Å². The van der Waals surface area contributed by atoms with Crippen LogP contribution in [-0.2, 0) is 6.42 Å². The van der Waals surface area contributed by atoms with Gasteiger partial charge in [-0.25, -0.2) is 4.39 Å². The SMILES string of the molecule is Fc1cc(CC2CCNC2)ccc1C1CC1. The van der Waals surface area contributed by atoms with Crippen LogP contribution in [0, 0.1) is 11.7 Å². The molecule has 0 radical (unpaired) electrons. The normalized spacial score (nSPS) is 24.9. The van der Waals surface area contributed by atoms with E-state index in [1.807, 2.05) is 6.07 Å². The Kier molecular flexibility index (Phi) is 2.68. The molecule has 1 saturated heterocycles. The summed E-state index contributed by atoms with van der Waals surface area (Å²) in [5, 5.41) is 3.35. The summed E-state index contributed by atoms with van der Waals surface area (Å²) in [5.74, 6) is 1.24. The topological polar surface area (TPSA) is 12.0 Å². The van der Waals surface area contributed by atoms with Crippen LogP contribution < -0.4 is 5.32 Å². The Bertz CT molecular complexity index is 378. The van der Waals surface area contributed by atoms with Crippen LogP contribution in [0.25, 0.3) is 0 Å². The third-order valence-corrected chi connectivity index (χ3v) is 3.77. The van der Waals surface area contributed by atoms with E-state index in [0.29, 0.717) is 11.8 Å². The first-order chi connectivity index (χ1) is 7.83. The van der Waals surface area contributed by atoms with E-state index in [9.17, 15) is 4.39 Å². The Hall–Kier alpha value is -0.890. The molecule has 1 aromatic rings. The highest BCUT2D eigenvalue weighted by atomic mass is 19.1. The molecule has 0 spiro atoms. The smallest absolute Gasteiger partial charge is 0.126 e. The zero-order valence-electron chi connectivity index (χ0n) is 9.51. The van der Waals surface area contributed by atoms with E-state index in [-0.39, 0.29) is 5.82 Å². The van der Waals surface area contributed by atoms with Gasteiger partial charge in [0.25, 0.3) is 0 Å². The highest BCUT2D eigenvalue weighted by Gasteiger charge is 2.26. The van der Waals surface area contributed by atoms with Crippen molar-refractivity contribution >= 4 is 0 Å². The van der Waals surface area contributed by atoms with E-state index in [1.54, 1.807) is 6.07 Å². The van der Waals surface area contributed by atoms with Crippen molar-refractivity contribution in [1.29, 1.82) is 0 Å². The standard InChI is InChI=1S/C14H18FN/c15-14-8-10(7-11-5-6-16-9-11)1-4-13(14)12-2-3-12/h1,4,8,11-12,16H,2-3,5-7,9H2. The van der Waals surface area contributed by atoms with Crippen molar-refractivity contribution in [3.8, 4) is 0 Å². The Labute approximate surface area is 96.1 Å². The van der Waals surface area contributed by atoms with Crippen molar-refractivity contribution in [2.24, 2.45) is 5.92 Å². The van der Waals surface area contributed by atoms with Crippen molar-refractivity contribution in [3.05, 3.63) is 35.1 Å². The first-order valence-electron chi connectivity index (χ1n) is 6.32. The van der Waals surface area contributed by atoms with Crippen LogP contribution in [0.1, 0.15) is 36.3 Å². The van der Waals surface area contributed by atoms with Gasteiger partial charge in [-0.15, -0.1) is 0 Å². The Morgan fingerprint density at radius 3 is 2.75 bits per heavy atom. The summed E-state index contributed by atoms with van der Waals surface area (Å²) in [5.41, 5.74) is 2.10. The van der Waals surface area contributed by atoms with Gasteiger partial charge in [0, 0.05) is 0 Å². The molecule has 1 aliphatic heterocycles. The van der Waals surface area contributed by atoms with E-state index in [1.165, 1.54) is 19.3 Å². The maximum Gasteiger partial charge on any atom is 0.126 e. The quantitative estimate of drug-likeness (QED) is 0.824. The van der Waals surface area contributed by atoms with Gasteiger partial charge in [-0.3, -0.25) is 0 Å². The molecule has 1 aliphatic carbocycles. The van der Waals surface area contributed by atoms with Crippen molar-refractivity contribution in [2.75, 3.05) is 13.1 Å². The van der Waals surface area contributed by atoms with Crippen LogP contribution in [0.15, 0.2) is 18.2 Å². The predicted molar refractivity (Wildman–Crippen MR) is 63.1 cm³/mol. The summed E-state index contributed by atoms with van der Waals surface area (Å²) in [6.07, 6.45) is 4.59. The van der Waals surface area contributed by atoms with E-state index >= 15 is 0 Å². The molecule has 86 valence electrons. The molecular formula is C14H18FN. The van der Waals surface area contributed by atoms with Gasteiger partial charge in [-0.2, -0.15) is 0 Å². The molecule has 0 bridgehead atoms. The molecule has 0 amide bonds. The fourth-order valence-electron chi connectivity index (χ4n) is 2.65. The second-order valence-corrected chi connectivity index (χ2v) is 5.19. The third kappa shape index (κ3) is 2.12. The van der Waals surface area contributed by atoms with Crippen LogP contribution in [0.3, 0.4) is 0 Å². The number of nitrogens with one attached hydrogen (secondary N) is 1. The third-order valence-electron chi connectivity index (χ3n) is 3.77. The summed E-state index contributed by atoms with van der Waals surface area (Å²) >= 11 is 0. The van der Waals surface area contributed by atoms with Gasteiger partial charge >= 0.3 is 0 Å². The minimum atomic E-state index is 0.0194. The molecule has 1 N–H and O–H groups in total. The Morgan fingerprint density at radius 1 is 1.25 bits per heavy atom. The number of hydrogen-bond donors (Lipinski definition) is 1. The number of benzene rings is 1. The second-order valence-electron chi connectivity index (χ2n) is 5.19. The summed E-state index contributed by atoms with van der Waals surface area (Å²) in [6, 6.07) is 5.88. The molecule has 1 unspecified atom stereocenters. The molecule has 2 heteroatoms. The van der Waals surface area contributed by atoms with Gasteiger partial charge in [-0.05, 0) is 67.8 Å². The van der Waals surface area contributed by atoms with Crippen molar-refractivity contribution in [1.82, 2.24) is 5.32 Å². The summed E-state index contributed by atoms with van der Waals surface area (Å²) in [4.78, 5) is 0. The van der Waals surface area contributed by atoms with E-state index < -0.39 is 0 Å². The average molecular weight is 219 g/mol. The summed E-state index contributed by atoms with van der Waals surface area (Å²) in [6.45, 7) is 2.21. The highest BCUT2D eigenvalue weighted by molar-refractivity contribution is 5.30. The van der Waals surface area contributed by atoms with Gasteiger partial charge in [0.15, 0.2) is 0 Å². The van der Waals surface area contributed by atoms with Crippen LogP contribution in [0.4, 0.5) is 4.39 Å². The van der Waals surface area contributed by atoms with Crippen molar-refractivity contribution < 1.29 is 4.39 Å². The minimum Gasteiger partial charge on any atom is -0.316 e. The number of rotatable bonds is 3. The molecular weight excluding hydrogens is 201 g/mol. The molecule has 1 atom stereocenters. The first-order valence-corrected chi connectivity index (χ1v) is 6.32. The van der Waals surface area contributed by atoms with Gasteiger partial charge in [0.1, 0.15) is 5.82 Å². The largest absolute Gasteiger partial charge is 0.316 e. The lowest BCUT2D eigenvalue weighted by atomic mass is 9.97. The van der Waals surface area contributed by atoms with Crippen LogP contribution >= 0.6 is 0 Å². The first kappa shape index (κ1) is 10.3. The molecule has 1 heterocycles. The molecule has 1 nitrogen and oxygen atoms in total. The van der Waals surface area contributed by atoms with E-state index in [0.717, 1.165) is 30.6 Å². The van der Waals surface area contributed by atoms with Crippen LogP contribution in [-0.4, -0.2) is 13.1 Å². The van der Waals surface area contributed by atoms with Crippen LogP contribution in [0.2, 0.25) is 0 Å². The fraction of sp³-hybridized carbons (Fsp3) is 0.571. The van der Waals surface area contributed by atoms with Gasteiger partial charge in [0.2, 0.25) is 0 Å². The molecule has 0 aromatic heterocycles. The monoisotopic (exact) mass is 219 g/mol. The molecule has 1 aromatic carbocycles. The molecule has 1 saturated carbocycles. The zero-order valence-corrected chi connectivity index (χ0v) is 9.51. The Balaban J connectivity index is 1.72. The van der Waals surface area contributed by atoms with Crippen molar-refractivity contribution in [3.63, 3.8) is 0 Å². The van der Waals surface area contributed by atoms with Gasteiger partial charge in [0.05, 0.1) is 0 Å². The number of hydrogen-bond acceptors (Lipinski definition) is 1. The molecule has 16 heavy (non-hydrogen) atoms. The molecule has 2 aliphatic rings. The highest BCUT2D eigenvalue weighted by Crippen LogP contribution is 2.41. The zero-order chi connectivity index (χ0) is 11.0. The second kappa shape index (κ2) is 4.17. The maximum atomic E-state index is 13.8. The summed E-state index contributed by atoms with van der Waals surface area (Å²) < 4.78 is 13.8. The molecule has 3 rings (SSSR count). The lowest BCUT2D eigenvalue weighted by Crippen LogP contribution is -2.10. The van der Waals surface area contributed by atoms with E-state index in [2.05, 4.69) is 11.4 Å². The summed E-state index contributed by atoms with van der Waals surface area (Å²) in [7, 11) is 0. The lowest BCUT2D eigenvalue weighted by Gasteiger charge is -2.09. The average Bonchev–Trinajstić information content (AvgIpc) is 2.97. The van der Waals surface area contributed by atoms with Gasteiger partial charge in [-0.1, -0.05) is 12.1 Å². The van der Waals surface area contributed by atoms with Gasteiger partial charge < -0.3 is 5.32 Å². The predicted octanol–water partition coefficient (Wildman–Crippen LogP) is 2.86. The maximum absolute atomic E-state index is 13.8. The fourth-order valence-corrected chi connectivity index (χ4v) is 2.65. The van der Waals surface area contributed by atoms with E-state index in [4.69, 9.17) is 0 Å². The minimum absolute atomic E-state index is 0.0194. The lowest BCUT2D eigenvalue weighted by molar-refractivity contribution is 0.570. The number of halogens is 1. The molecule has 2 fully saturated rings. The van der Waals surface area contributed by atoms with Crippen LogP contribution in [0.5, 0.6) is 0 Å². The Morgan fingerprint density at radius 2 is 2.12 bits per heavy atom.